The first kappa shape index (κ1) is 19.3. The number of hydrogen-bond acceptors (Lipinski definition) is 6. The second-order valence-corrected chi connectivity index (χ2v) is 7.16. The van der Waals surface area contributed by atoms with Gasteiger partial charge in [0.05, 0.1) is 11.1 Å². The monoisotopic (exact) mass is 367 g/mol. The molecule has 0 bridgehead atoms. The van der Waals surface area contributed by atoms with Gasteiger partial charge in [0.15, 0.2) is 0 Å². The standard InChI is InChI=1S/C17H25N3O2S2/c1-23-18-10-5-6-11-19(24-2)12-7-13-20-16(21)14-8-3-4-9-15(14)17(20)22/h3-4,8-9,18H,5-7,10-13H2,1-2H3. The van der Waals surface area contributed by atoms with Gasteiger partial charge >= 0.3 is 0 Å². The van der Waals surface area contributed by atoms with E-state index in [0.717, 1.165) is 38.9 Å². The molecule has 24 heavy (non-hydrogen) atoms. The summed E-state index contributed by atoms with van der Waals surface area (Å²) < 4.78 is 5.55. The normalized spacial score (nSPS) is 13.9. The highest BCUT2D eigenvalue weighted by Gasteiger charge is 2.34. The molecule has 2 rings (SSSR count). The zero-order valence-corrected chi connectivity index (χ0v) is 15.9. The average Bonchev–Trinajstić information content (AvgIpc) is 2.85. The Balaban J connectivity index is 1.73. The molecule has 0 atom stereocenters. The Morgan fingerprint density at radius 3 is 2.21 bits per heavy atom. The quantitative estimate of drug-likeness (QED) is 0.369. The van der Waals surface area contributed by atoms with Crippen LogP contribution in [0.5, 0.6) is 0 Å². The number of carbonyl (C=O) groups is 2. The lowest BCUT2D eigenvalue weighted by Crippen LogP contribution is -2.32. The second kappa shape index (κ2) is 10.1. The number of fused-ring (bicyclic) bond motifs is 1. The molecule has 1 N–H and O–H groups in total. The van der Waals surface area contributed by atoms with E-state index in [0.29, 0.717) is 17.7 Å². The van der Waals surface area contributed by atoms with E-state index in [1.807, 2.05) is 6.26 Å². The first-order valence-electron chi connectivity index (χ1n) is 8.19. The summed E-state index contributed by atoms with van der Waals surface area (Å²) in [6, 6.07) is 7.06. The van der Waals surface area contributed by atoms with Crippen molar-refractivity contribution in [2.45, 2.75) is 19.3 Å². The zero-order valence-electron chi connectivity index (χ0n) is 14.3. The maximum Gasteiger partial charge on any atom is 0.261 e. The molecule has 0 spiro atoms. The summed E-state index contributed by atoms with van der Waals surface area (Å²) in [5.74, 6) is -0.316. The molecule has 1 aromatic rings. The number of hydrogen-bond donors (Lipinski definition) is 1. The summed E-state index contributed by atoms with van der Waals surface area (Å²) in [6.07, 6.45) is 7.20. The molecule has 1 aliphatic heterocycles. The van der Waals surface area contributed by atoms with E-state index in [9.17, 15) is 9.59 Å². The summed E-state index contributed by atoms with van der Waals surface area (Å²) in [6.45, 7) is 3.42. The van der Waals surface area contributed by atoms with Crippen molar-refractivity contribution in [2.24, 2.45) is 0 Å². The number of amides is 2. The first-order chi connectivity index (χ1) is 11.7. The van der Waals surface area contributed by atoms with Crippen LogP contribution in [-0.4, -0.2) is 59.7 Å². The molecule has 0 unspecified atom stereocenters. The highest BCUT2D eigenvalue weighted by molar-refractivity contribution is 7.96. The van der Waals surface area contributed by atoms with Gasteiger partial charge in [-0.2, -0.15) is 0 Å². The molecule has 0 fully saturated rings. The SMILES string of the molecule is CSNCCCCN(CCCN1C(=O)c2ccccc2C1=O)SC. The Morgan fingerprint density at radius 2 is 1.62 bits per heavy atom. The largest absolute Gasteiger partial charge is 0.274 e. The molecule has 0 saturated carbocycles. The van der Waals surface area contributed by atoms with Crippen LogP contribution < -0.4 is 4.72 Å². The minimum atomic E-state index is -0.158. The number of nitrogens with zero attached hydrogens (tertiary/aromatic N) is 2. The molecule has 1 aromatic carbocycles. The number of imide groups is 1. The van der Waals surface area contributed by atoms with Crippen LogP contribution in [0.15, 0.2) is 24.3 Å². The summed E-state index contributed by atoms with van der Waals surface area (Å²) >= 11 is 3.38. The fourth-order valence-corrected chi connectivity index (χ4v) is 3.70. The molecule has 0 saturated heterocycles. The Labute approximate surface area is 152 Å². The van der Waals surface area contributed by atoms with Crippen molar-refractivity contribution in [1.29, 1.82) is 0 Å². The van der Waals surface area contributed by atoms with Crippen molar-refractivity contribution in [2.75, 3.05) is 38.7 Å². The van der Waals surface area contributed by atoms with Gasteiger partial charge in [0.2, 0.25) is 0 Å². The van der Waals surface area contributed by atoms with Crippen LogP contribution in [0, 0.1) is 0 Å². The van der Waals surface area contributed by atoms with Gasteiger partial charge in [0.1, 0.15) is 0 Å². The van der Waals surface area contributed by atoms with Crippen LogP contribution in [0.2, 0.25) is 0 Å². The van der Waals surface area contributed by atoms with Crippen LogP contribution in [0.4, 0.5) is 0 Å². The number of carbonyl (C=O) groups excluding carboxylic acids is 2. The molecule has 0 aromatic heterocycles. The highest BCUT2D eigenvalue weighted by Crippen LogP contribution is 2.22. The van der Waals surface area contributed by atoms with Gasteiger partial charge in [0.25, 0.3) is 11.8 Å². The van der Waals surface area contributed by atoms with Gasteiger partial charge in [-0.15, -0.1) is 0 Å². The average molecular weight is 368 g/mol. The topological polar surface area (TPSA) is 52.6 Å². The predicted octanol–water partition coefficient (Wildman–Crippen LogP) is 2.90. The van der Waals surface area contributed by atoms with Crippen molar-refractivity contribution in [1.82, 2.24) is 13.9 Å². The number of nitrogens with one attached hydrogen (secondary N) is 1. The van der Waals surface area contributed by atoms with Crippen LogP contribution >= 0.6 is 23.9 Å². The Kier molecular flexibility index (Phi) is 8.11. The van der Waals surface area contributed by atoms with Crippen molar-refractivity contribution < 1.29 is 9.59 Å². The molecule has 5 nitrogen and oxygen atoms in total. The molecule has 1 heterocycles. The van der Waals surface area contributed by atoms with E-state index in [4.69, 9.17) is 0 Å². The van der Waals surface area contributed by atoms with E-state index >= 15 is 0 Å². The van der Waals surface area contributed by atoms with Crippen molar-refractivity contribution in [3.63, 3.8) is 0 Å². The Morgan fingerprint density at radius 1 is 1.00 bits per heavy atom. The lowest BCUT2D eigenvalue weighted by atomic mass is 10.1. The second-order valence-electron chi connectivity index (χ2n) is 5.58. The highest BCUT2D eigenvalue weighted by atomic mass is 32.2. The van der Waals surface area contributed by atoms with E-state index in [-0.39, 0.29) is 11.8 Å². The van der Waals surface area contributed by atoms with Gasteiger partial charge in [-0.25, -0.2) is 0 Å². The van der Waals surface area contributed by atoms with E-state index in [2.05, 4.69) is 15.3 Å². The summed E-state index contributed by atoms with van der Waals surface area (Å²) in [5.41, 5.74) is 1.07. The van der Waals surface area contributed by atoms with Crippen LogP contribution in [0.25, 0.3) is 0 Å². The lowest BCUT2D eigenvalue weighted by Gasteiger charge is -2.21. The van der Waals surface area contributed by atoms with Crippen LogP contribution in [-0.2, 0) is 0 Å². The fraction of sp³-hybridized carbons (Fsp3) is 0.529. The van der Waals surface area contributed by atoms with Gasteiger partial charge in [0, 0.05) is 26.2 Å². The number of unbranched alkanes of at least 4 members (excludes halogenated alkanes) is 1. The lowest BCUT2D eigenvalue weighted by molar-refractivity contribution is 0.0651. The zero-order chi connectivity index (χ0) is 17.4. The maximum atomic E-state index is 12.3. The van der Waals surface area contributed by atoms with Crippen molar-refractivity contribution in [3.05, 3.63) is 35.4 Å². The van der Waals surface area contributed by atoms with Gasteiger partial charge < -0.3 is 0 Å². The molecule has 7 heteroatoms. The molecule has 1 aliphatic rings. The third kappa shape index (κ3) is 4.99. The van der Waals surface area contributed by atoms with Gasteiger partial charge in [-0.1, -0.05) is 36.0 Å². The molecular formula is C17H25N3O2S2. The smallest absolute Gasteiger partial charge is 0.261 e. The van der Waals surface area contributed by atoms with Crippen LogP contribution in [0.1, 0.15) is 40.0 Å². The van der Waals surface area contributed by atoms with E-state index in [1.54, 1.807) is 48.2 Å². The molecular weight excluding hydrogens is 342 g/mol. The maximum absolute atomic E-state index is 12.3. The summed E-state index contributed by atoms with van der Waals surface area (Å²) in [4.78, 5) is 26.0. The summed E-state index contributed by atoms with van der Waals surface area (Å²) in [5, 5.41) is 0. The summed E-state index contributed by atoms with van der Waals surface area (Å²) in [7, 11) is 0. The number of rotatable bonds is 11. The van der Waals surface area contributed by atoms with Gasteiger partial charge in [-0.05, 0) is 43.9 Å². The van der Waals surface area contributed by atoms with E-state index in [1.165, 1.54) is 4.90 Å². The predicted molar refractivity (Wildman–Crippen MR) is 102 cm³/mol. The minimum Gasteiger partial charge on any atom is -0.274 e. The van der Waals surface area contributed by atoms with Crippen molar-refractivity contribution >= 4 is 35.7 Å². The Hall–Kier alpha value is -1.02. The number of benzene rings is 1. The van der Waals surface area contributed by atoms with Crippen LogP contribution in [0.3, 0.4) is 0 Å². The first-order valence-corrected chi connectivity index (χ1v) is 10.6. The van der Waals surface area contributed by atoms with Gasteiger partial charge in [-0.3, -0.25) is 23.5 Å². The molecule has 0 radical (unpaired) electrons. The third-order valence-corrected chi connectivity index (χ3v) is 5.38. The molecule has 0 aliphatic carbocycles. The van der Waals surface area contributed by atoms with E-state index < -0.39 is 0 Å². The fourth-order valence-electron chi connectivity index (χ4n) is 2.73. The minimum absolute atomic E-state index is 0.158. The third-order valence-electron chi connectivity index (χ3n) is 4.01. The molecule has 132 valence electrons. The van der Waals surface area contributed by atoms with Crippen molar-refractivity contribution in [3.8, 4) is 0 Å². The Bertz CT molecular complexity index is 534. The molecule has 2 amide bonds.